The van der Waals surface area contributed by atoms with E-state index in [-0.39, 0.29) is 6.10 Å². The highest BCUT2D eigenvalue weighted by atomic mass is 16.5. The van der Waals surface area contributed by atoms with Gasteiger partial charge in [-0.05, 0) is 30.5 Å². The second kappa shape index (κ2) is 5.32. The predicted molar refractivity (Wildman–Crippen MR) is 63.8 cm³/mol. The maximum atomic E-state index is 5.70. The van der Waals surface area contributed by atoms with Crippen molar-refractivity contribution in [3.63, 3.8) is 0 Å². The maximum Gasteiger partial charge on any atom is 0.119 e. The van der Waals surface area contributed by atoms with Crippen LogP contribution in [0.15, 0.2) is 24.3 Å². The molecule has 0 amide bonds. The van der Waals surface area contributed by atoms with Crippen LogP contribution in [-0.4, -0.2) is 26.4 Å². The number of rotatable bonds is 3. The van der Waals surface area contributed by atoms with Crippen LogP contribution in [0.4, 0.5) is 0 Å². The Morgan fingerprint density at radius 1 is 1.44 bits per heavy atom. The van der Waals surface area contributed by atoms with Crippen molar-refractivity contribution in [3.05, 3.63) is 29.8 Å². The molecule has 88 valence electrons. The van der Waals surface area contributed by atoms with Gasteiger partial charge in [-0.2, -0.15) is 0 Å². The summed E-state index contributed by atoms with van der Waals surface area (Å²) < 4.78 is 10.9. The monoisotopic (exact) mass is 221 g/mol. The molecule has 1 heterocycles. The van der Waals surface area contributed by atoms with Gasteiger partial charge in [-0.1, -0.05) is 12.1 Å². The smallest absolute Gasteiger partial charge is 0.119 e. The molecule has 1 saturated heterocycles. The lowest BCUT2D eigenvalue weighted by Crippen LogP contribution is -2.30. The highest BCUT2D eigenvalue weighted by Crippen LogP contribution is 2.29. The first-order valence-corrected chi connectivity index (χ1v) is 5.79. The number of ether oxygens (including phenoxy) is 2. The largest absolute Gasteiger partial charge is 0.497 e. The average Bonchev–Trinajstić information content (AvgIpc) is 2.39. The predicted octanol–water partition coefficient (Wildman–Crippen LogP) is 1.92. The van der Waals surface area contributed by atoms with E-state index in [0.29, 0.717) is 12.5 Å². The molecule has 2 rings (SSSR count). The van der Waals surface area contributed by atoms with Crippen molar-refractivity contribution in [3.8, 4) is 5.75 Å². The van der Waals surface area contributed by atoms with Crippen LogP contribution in [0.3, 0.4) is 0 Å². The Bertz CT molecular complexity index is 332. The van der Waals surface area contributed by atoms with Crippen LogP contribution >= 0.6 is 0 Å². The fourth-order valence-corrected chi connectivity index (χ4v) is 2.15. The minimum absolute atomic E-state index is 0.252. The first kappa shape index (κ1) is 11.4. The molecule has 0 radical (unpaired) electrons. The van der Waals surface area contributed by atoms with Gasteiger partial charge in [-0.25, -0.2) is 0 Å². The fourth-order valence-electron chi connectivity index (χ4n) is 2.15. The standard InChI is InChI=1S/C13H19NO2/c1-15-12-4-2-3-10(7-12)11-5-6-13(8-14)16-9-11/h2-4,7,11,13H,5-6,8-9,14H2,1H3/t11-,13-/m0/s1. The van der Waals surface area contributed by atoms with Gasteiger partial charge >= 0.3 is 0 Å². The molecular formula is C13H19NO2. The van der Waals surface area contributed by atoms with E-state index in [4.69, 9.17) is 15.2 Å². The van der Waals surface area contributed by atoms with Crippen molar-refractivity contribution in [1.29, 1.82) is 0 Å². The molecule has 0 aliphatic carbocycles. The van der Waals surface area contributed by atoms with E-state index in [2.05, 4.69) is 12.1 Å². The maximum absolute atomic E-state index is 5.70. The third kappa shape index (κ3) is 2.54. The average molecular weight is 221 g/mol. The lowest BCUT2D eigenvalue weighted by molar-refractivity contribution is 0.00953. The van der Waals surface area contributed by atoms with E-state index in [1.54, 1.807) is 7.11 Å². The van der Waals surface area contributed by atoms with E-state index in [1.807, 2.05) is 12.1 Å². The zero-order valence-corrected chi connectivity index (χ0v) is 9.69. The molecule has 1 aromatic rings. The number of nitrogens with two attached hydrogens (primary N) is 1. The van der Waals surface area contributed by atoms with Crippen molar-refractivity contribution in [2.24, 2.45) is 5.73 Å². The van der Waals surface area contributed by atoms with E-state index in [9.17, 15) is 0 Å². The van der Waals surface area contributed by atoms with Gasteiger partial charge < -0.3 is 15.2 Å². The van der Waals surface area contributed by atoms with Crippen LogP contribution in [0.2, 0.25) is 0 Å². The highest BCUT2D eigenvalue weighted by molar-refractivity contribution is 5.31. The first-order valence-electron chi connectivity index (χ1n) is 5.79. The highest BCUT2D eigenvalue weighted by Gasteiger charge is 2.22. The molecule has 1 aliphatic heterocycles. The molecule has 3 heteroatoms. The van der Waals surface area contributed by atoms with Crippen molar-refractivity contribution in [2.45, 2.75) is 24.9 Å². The topological polar surface area (TPSA) is 44.5 Å². The van der Waals surface area contributed by atoms with Gasteiger partial charge in [-0.3, -0.25) is 0 Å². The van der Waals surface area contributed by atoms with E-state index in [0.717, 1.165) is 25.2 Å². The van der Waals surface area contributed by atoms with E-state index >= 15 is 0 Å². The van der Waals surface area contributed by atoms with Crippen LogP contribution in [-0.2, 0) is 4.74 Å². The molecule has 2 atom stereocenters. The Balaban J connectivity index is 2.02. The van der Waals surface area contributed by atoms with Gasteiger partial charge in [0.05, 0.1) is 19.8 Å². The summed E-state index contributed by atoms with van der Waals surface area (Å²) >= 11 is 0. The molecule has 1 fully saturated rings. The quantitative estimate of drug-likeness (QED) is 0.848. The normalized spacial score (nSPS) is 25.4. The van der Waals surface area contributed by atoms with E-state index in [1.165, 1.54) is 5.56 Å². The molecule has 0 unspecified atom stereocenters. The molecule has 1 aliphatic rings. The summed E-state index contributed by atoms with van der Waals surface area (Å²) in [6, 6.07) is 8.23. The minimum atomic E-state index is 0.252. The van der Waals surface area contributed by atoms with Crippen molar-refractivity contribution < 1.29 is 9.47 Å². The SMILES string of the molecule is COc1cccc([C@H]2CC[C@@H](CN)OC2)c1. The van der Waals surface area contributed by atoms with Crippen LogP contribution in [0.25, 0.3) is 0 Å². The van der Waals surface area contributed by atoms with Gasteiger partial charge in [-0.15, -0.1) is 0 Å². The third-order valence-corrected chi connectivity index (χ3v) is 3.20. The molecule has 0 bridgehead atoms. The molecule has 0 aromatic heterocycles. The summed E-state index contributed by atoms with van der Waals surface area (Å²) in [7, 11) is 1.70. The lowest BCUT2D eigenvalue weighted by Gasteiger charge is -2.28. The summed E-state index contributed by atoms with van der Waals surface area (Å²) in [4.78, 5) is 0. The van der Waals surface area contributed by atoms with Crippen LogP contribution in [0.5, 0.6) is 5.75 Å². The Kier molecular flexibility index (Phi) is 3.80. The second-order valence-corrected chi connectivity index (χ2v) is 4.24. The number of benzene rings is 1. The van der Waals surface area contributed by atoms with Gasteiger partial charge in [0.25, 0.3) is 0 Å². The third-order valence-electron chi connectivity index (χ3n) is 3.20. The Morgan fingerprint density at radius 3 is 2.94 bits per heavy atom. The van der Waals surface area contributed by atoms with Gasteiger partial charge in [0, 0.05) is 12.5 Å². The molecule has 2 N–H and O–H groups in total. The zero-order valence-electron chi connectivity index (χ0n) is 9.69. The molecule has 3 nitrogen and oxygen atoms in total. The van der Waals surface area contributed by atoms with Gasteiger partial charge in [0.1, 0.15) is 5.75 Å². The minimum Gasteiger partial charge on any atom is -0.497 e. The second-order valence-electron chi connectivity index (χ2n) is 4.24. The molecular weight excluding hydrogens is 202 g/mol. The Labute approximate surface area is 96.5 Å². The molecule has 16 heavy (non-hydrogen) atoms. The number of methoxy groups -OCH3 is 1. The van der Waals surface area contributed by atoms with Crippen LogP contribution in [0.1, 0.15) is 24.3 Å². The van der Waals surface area contributed by atoms with Crippen LogP contribution < -0.4 is 10.5 Å². The summed E-state index contributed by atoms with van der Waals surface area (Å²) in [5, 5.41) is 0. The lowest BCUT2D eigenvalue weighted by atomic mass is 9.91. The molecule has 1 aromatic carbocycles. The first-order chi connectivity index (χ1) is 7.83. The number of hydrogen-bond donors (Lipinski definition) is 1. The van der Waals surface area contributed by atoms with Crippen molar-refractivity contribution >= 4 is 0 Å². The number of hydrogen-bond acceptors (Lipinski definition) is 3. The van der Waals surface area contributed by atoms with Crippen LogP contribution in [0, 0.1) is 0 Å². The van der Waals surface area contributed by atoms with Crippen molar-refractivity contribution in [1.82, 2.24) is 0 Å². The summed E-state index contributed by atoms with van der Waals surface area (Å²) in [6.45, 7) is 1.40. The fraction of sp³-hybridized carbons (Fsp3) is 0.538. The summed E-state index contributed by atoms with van der Waals surface area (Å²) in [5.74, 6) is 1.40. The Hall–Kier alpha value is -1.06. The van der Waals surface area contributed by atoms with Gasteiger partial charge in [0.15, 0.2) is 0 Å². The van der Waals surface area contributed by atoms with Crippen molar-refractivity contribution in [2.75, 3.05) is 20.3 Å². The molecule has 0 saturated carbocycles. The summed E-state index contributed by atoms with van der Waals surface area (Å²) in [6.07, 6.45) is 2.45. The summed E-state index contributed by atoms with van der Waals surface area (Å²) in [5.41, 5.74) is 6.89. The zero-order chi connectivity index (χ0) is 11.4. The van der Waals surface area contributed by atoms with Gasteiger partial charge in [0.2, 0.25) is 0 Å². The van der Waals surface area contributed by atoms with E-state index < -0.39 is 0 Å². The Morgan fingerprint density at radius 2 is 2.31 bits per heavy atom. The molecule has 0 spiro atoms.